The number of allylic oxidation sites excluding steroid dienone is 1. The molecule has 1 N–H and O–H groups in total. The SMILES string of the molecule is O=C1C(c2ccc(Cl)cc2)=CC2C(Cc3ccccc3)NCC12. The van der Waals surface area contributed by atoms with E-state index in [4.69, 9.17) is 11.6 Å². The number of hydrogen-bond donors (Lipinski definition) is 1. The second-order valence-electron chi connectivity index (χ2n) is 6.34. The molecule has 2 aliphatic rings. The summed E-state index contributed by atoms with van der Waals surface area (Å²) in [4.78, 5) is 12.7. The second kappa shape index (κ2) is 5.95. The van der Waals surface area contributed by atoms with Crippen molar-refractivity contribution >= 4 is 23.0 Å². The lowest BCUT2D eigenvalue weighted by Gasteiger charge is -2.16. The molecule has 3 unspecified atom stereocenters. The molecule has 2 nitrogen and oxygen atoms in total. The standard InChI is InChI=1S/C20H18ClNO/c21-15-8-6-14(7-9-15)16-11-17-18(20(16)23)12-22-19(17)10-13-4-2-1-3-5-13/h1-9,11,17-19,22H,10,12H2. The first kappa shape index (κ1) is 14.7. The minimum Gasteiger partial charge on any atom is -0.312 e. The smallest absolute Gasteiger partial charge is 0.168 e. The highest BCUT2D eigenvalue weighted by atomic mass is 35.5. The molecule has 1 heterocycles. The molecule has 116 valence electrons. The minimum absolute atomic E-state index is 0.0781. The van der Waals surface area contributed by atoms with Gasteiger partial charge in [0.25, 0.3) is 0 Å². The Hall–Kier alpha value is -1.90. The molecule has 23 heavy (non-hydrogen) atoms. The number of carbonyl (C=O) groups is 1. The van der Waals surface area contributed by atoms with Crippen LogP contribution >= 0.6 is 11.6 Å². The molecule has 1 saturated heterocycles. The predicted molar refractivity (Wildman–Crippen MR) is 93.4 cm³/mol. The molecule has 2 aromatic carbocycles. The van der Waals surface area contributed by atoms with E-state index in [1.54, 1.807) is 0 Å². The van der Waals surface area contributed by atoms with E-state index in [0.29, 0.717) is 11.1 Å². The molecule has 0 spiro atoms. The van der Waals surface area contributed by atoms with Crippen LogP contribution in [0.15, 0.2) is 60.7 Å². The number of rotatable bonds is 3. The Morgan fingerprint density at radius 2 is 1.78 bits per heavy atom. The Labute approximate surface area is 141 Å². The zero-order chi connectivity index (χ0) is 15.8. The molecular weight excluding hydrogens is 306 g/mol. The van der Waals surface area contributed by atoms with Crippen molar-refractivity contribution in [1.82, 2.24) is 5.32 Å². The van der Waals surface area contributed by atoms with Gasteiger partial charge in [0, 0.05) is 35.0 Å². The third kappa shape index (κ3) is 2.73. The highest BCUT2D eigenvalue weighted by molar-refractivity contribution is 6.31. The lowest BCUT2D eigenvalue weighted by atomic mass is 9.90. The summed E-state index contributed by atoms with van der Waals surface area (Å²) in [6, 6.07) is 18.4. The van der Waals surface area contributed by atoms with Crippen LogP contribution in [0.25, 0.3) is 5.57 Å². The van der Waals surface area contributed by atoms with Gasteiger partial charge in [-0.05, 0) is 29.7 Å². The number of Topliss-reactive ketones (excluding diaryl/α,β-unsaturated/α-hetero) is 1. The van der Waals surface area contributed by atoms with Crippen LogP contribution in [-0.2, 0) is 11.2 Å². The Kier molecular flexibility index (Phi) is 3.80. The molecule has 3 heteroatoms. The van der Waals surface area contributed by atoms with Gasteiger partial charge in [0.05, 0.1) is 0 Å². The van der Waals surface area contributed by atoms with Gasteiger partial charge in [-0.25, -0.2) is 0 Å². The molecule has 0 amide bonds. The van der Waals surface area contributed by atoms with E-state index < -0.39 is 0 Å². The lowest BCUT2D eigenvalue weighted by Crippen LogP contribution is -2.28. The van der Waals surface area contributed by atoms with Crippen molar-refractivity contribution in [3.63, 3.8) is 0 Å². The summed E-state index contributed by atoms with van der Waals surface area (Å²) in [6.07, 6.45) is 3.13. The summed E-state index contributed by atoms with van der Waals surface area (Å²) in [7, 11) is 0. The van der Waals surface area contributed by atoms with Crippen LogP contribution in [0.4, 0.5) is 0 Å². The largest absolute Gasteiger partial charge is 0.312 e. The highest BCUT2D eigenvalue weighted by Crippen LogP contribution is 2.39. The highest BCUT2D eigenvalue weighted by Gasteiger charge is 2.44. The van der Waals surface area contributed by atoms with Gasteiger partial charge in [-0.2, -0.15) is 0 Å². The normalized spacial score (nSPS) is 26.2. The first-order valence-corrected chi connectivity index (χ1v) is 8.39. The van der Waals surface area contributed by atoms with Gasteiger partial charge in [-0.15, -0.1) is 0 Å². The van der Waals surface area contributed by atoms with Crippen LogP contribution < -0.4 is 5.32 Å². The molecule has 2 aromatic rings. The number of fused-ring (bicyclic) bond motifs is 1. The molecule has 0 bridgehead atoms. The van der Waals surface area contributed by atoms with Gasteiger partial charge in [-0.1, -0.05) is 60.1 Å². The van der Waals surface area contributed by atoms with Gasteiger partial charge in [0.1, 0.15) is 0 Å². The van der Waals surface area contributed by atoms with Gasteiger partial charge in [0.2, 0.25) is 0 Å². The zero-order valence-corrected chi connectivity index (χ0v) is 13.5. The molecule has 1 fully saturated rings. The maximum atomic E-state index is 12.7. The summed E-state index contributed by atoms with van der Waals surface area (Å²) in [5, 5.41) is 4.23. The molecule has 4 rings (SSSR count). The Bertz CT molecular complexity index is 751. The molecule has 1 aliphatic carbocycles. The van der Waals surface area contributed by atoms with E-state index >= 15 is 0 Å². The monoisotopic (exact) mass is 323 g/mol. The van der Waals surface area contributed by atoms with Gasteiger partial charge in [0.15, 0.2) is 5.78 Å². The van der Waals surface area contributed by atoms with E-state index in [-0.39, 0.29) is 17.6 Å². The maximum absolute atomic E-state index is 12.7. The number of halogens is 1. The van der Waals surface area contributed by atoms with Crippen LogP contribution in [0.1, 0.15) is 11.1 Å². The maximum Gasteiger partial charge on any atom is 0.168 e. The number of ketones is 1. The summed E-state index contributed by atoms with van der Waals surface area (Å²) in [5.41, 5.74) is 3.15. The Morgan fingerprint density at radius 3 is 2.52 bits per heavy atom. The average Bonchev–Trinajstić information content (AvgIpc) is 3.11. The van der Waals surface area contributed by atoms with Crippen LogP contribution in [-0.4, -0.2) is 18.4 Å². The number of nitrogens with one attached hydrogen (secondary N) is 1. The van der Waals surface area contributed by atoms with Crippen LogP contribution in [0.5, 0.6) is 0 Å². The Balaban J connectivity index is 1.59. The summed E-state index contributed by atoms with van der Waals surface area (Å²) >= 11 is 5.95. The number of hydrogen-bond acceptors (Lipinski definition) is 2. The predicted octanol–water partition coefficient (Wildman–Crippen LogP) is 3.75. The summed E-state index contributed by atoms with van der Waals surface area (Å²) in [5.74, 6) is 0.628. The minimum atomic E-state index is 0.0781. The van der Waals surface area contributed by atoms with Crippen LogP contribution in [0.3, 0.4) is 0 Å². The topological polar surface area (TPSA) is 29.1 Å². The molecular formula is C20H18ClNO. The number of carbonyl (C=O) groups excluding carboxylic acids is 1. The molecule has 1 aliphatic heterocycles. The van der Waals surface area contributed by atoms with Gasteiger partial charge < -0.3 is 5.32 Å². The Morgan fingerprint density at radius 1 is 1.04 bits per heavy atom. The van der Waals surface area contributed by atoms with E-state index in [0.717, 1.165) is 24.1 Å². The molecule has 0 aromatic heterocycles. The lowest BCUT2D eigenvalue weighted by molar-refractivity contribution is -0.116. The van der Waals surface area contributed by atoms with Crippen LogP contribution in [0, 0.1) is 11.8 Å². The fraction of sp³-hybridized carbons (Fsp3) is 0.250. The van der Waals surface area contributed by atoms with Gasteiger partial charge >= 0.3 is 0 Å². The van der Waals surface area contributed by atoms with Crippen LogP contribution in [0.2, 0.25) is 5.02 Å². The van der Waals surface area contributed by atoms with E-state index in [1.165, 1.54) is 5.56 Å². The van der Waals surface area contributed by atoms with Crippen molar-refractivity contribution in [2.24, 2.45) is 11.8 Å². The fourth-order valence-electron chi connectivity index (χ4n) is 3.75. The summed E-state index contributed by atoms with van der Waals surface area (Å²) in [6.45, 7) is 0.772. The quantitative estimate of drug-likeness (QED) is 0.932. The van der Waals surface area contributed by atoms with Gasteiger partial charge in [-0.3, -0.25) is 4.79 Å². The van der Waals surface area contributed by atoms with Crippen molar-refractivity contribution in [3.05, 3.63) is 76.8 Å². The van der Waals surface area contributed by atoms with Crippen molar-refractivity contribution in [3.8, 4) is 0 Å². The third-order valence-electron chi connectivity index (χ3n) is 4.94. The molecule has 3 atom stereocenters. The van der Waals surface area contributed by atoms with E-state index in [9.17, 15) is 4.79 Å². The first-order valence-electron chi connectivity index (χ1n) is 8.01. The van der Waals surface area contributed by atoms with Crippen molar-refractivity contribution in [1.29, 1.82) is 0 Å². The third-order valence-corrected chi connectivity index (χ3v) is 5.20. The zero-order valence-electron chi connectivity index (χ0n) is 12.7. The average molecular weight is 324 g/mol. The van der Waals surface area contributed by atoms with E-state index in [1.807, 2.05) is 30.3 Å². The summed E-state index contributed by atoms with van der Waals surface area (Å²) < 4.78 is 0. The van der Waals surface area contributed by atoms with Crippen molar-refractivity contribution < 1.29 is 4.79 Å². The van der Waals surface area contributed by atoms with Crippen molar-refractivity contribution in [2.45, 2.75) is 12.5 Å². The fourth-order valence-corrected chi connectivity index (χ4v) is 3.88. The number of benzene rings is 2. The molecule has 0 radical (unpaired) electrons. The van der Waals surface area contributed by atoms with Crippen molar-refractivity contribution in [2.75, 3.05) is 6.54 Å². The first-order chi connectivity index (χ1) is 11.2. The van der Waals surface area contributed by atoms with E-state index in [2.05, 4.69) is 35.7 Å². The molecule has 0 saturated carbocycles. The second-order valence-corrected chi connectivity index (χ2v) is 6.78.